The van der Waals surface area contributed by atoms with Gasteiger partial charge in [-0.1, -0.05) is 0 Å². The molecule has 1 aromatic rings. The smallest absolute Gasteiger partial charge is 0.183 e. The molecule has 0 spiro atoms. The molecule has 82 valence electrons. The first-order valence-electron chi connectivity index (χ1n) is 5.22. The minimum absolute atomic E-state index is 0.267. The minimum Gasteiger partial charge on any atom is -0.507 e. The summed E-state index contributed by atoms with van der Waals surface area (Å²) in [6.07, 6.45) is 0.684. The number of phenolic OH excluding ortho intramolecular Hbond substituents is 1. The molecular weight excluding hydrogens is 192 g/mol. The quantitative estimate of drug-likeness (QED) is 0.770. The Kier molecular flexibility index (Phi) is 2.93. The van der Waals surface area contributed by atoms with Crippen LogP contribution in [0.5, 0.6) is 5.75 Å². The lowest BCUT2D eigenvalue weighted by Crippen LogP contribution is -2.17. The van der Waals surface area contributed by atoms with Crippen molar-refractivity contribution in [1.82, 2.24) is 0 Å². The van der Waals surface area contributed by atoms with Crippen LogP contribution < -0.4 is 0 Å². The lowest BCUT2D eigenvalue weighted by atomic mass is 10.1. The maximum atomic E-state index is 9.65. The van der Waals surface area contributed by atoms with Crippen LogP contribution in [-0.2, 0) is 9.47 Å². The molecule has 2 rings (SSSR count). The number of rotatable bonds is 1. The van der Waals surface area contributed by atoms with Gasteiger partial charge in [0.25, 0.3) is 0 Å². The molecule has 1 aliphatic rings. The van der Waals surface area contributed by atoms with E-state index in [9.17, 15) is 5.11 Å². The van der Waals surface area contributed by atoms with E-state index < -0.39 is 0 Å². The summed E-state index contributed by atoms with van der Waals surface area (Å²) in [7, 11) is 0. The Morgan fingerprint density at radius 2 is 1.67 bits per heavy atom. The molecule has 3 nitrogen and oxygen atoms in total. The van der Waals surface area contributed by atoms with E-state index >= 15 is 0 Å². The largest absolute Gasteiger partial charge is 0.507 e. The third-order valence-electron chi connectivity index (χ3n) is 2.61. The van der Waals surface area contributed by atoms with Gasteiger partial charge in [-0.25, -0.2) is 0 Å². The summed E-state index contributed by atoms with van der Waals surface area (Å²) in [5.41, 5.74) is 2.72. The lowest BCUT2D eigenvalue weighted by Gasteiger charge is -2.24. The highest BCUT2D eigenvalue weighted by Gasteiger charge is 2.18. The third-order valence-corrected chi connectivity index (χ3v) is 2.61. The van der Waals surface area contributed by atoms with Crippen molar-refractivity contribution in [3.05, 3.63) is 28.8 Å². The van der Waals surface area contributed by atoms with Crippen LogP contribution in [0.4, 0.5) is 0 Å². The molecule has 0 saturated carbocycles. The number of hydrogen-bond donors (Lipinski definition) is 1. The summed E-state index contributed by atoms with van der Waals surface area (Å²) in [6, 6.07) is 3.83. The van der Waals surface area contributed by atoms with Gasteiger partial charge in [0.1, 0.15) is 5.75 Å². The number of aryl methyl sites for hydroxylation is 2. The normalized spacial score (nSPS) is 18.0. The fourth-order valence-electron chi connectivity index (χ4n) is 1.81. The summed E-state index contributed by atoms with van der Waals surface area (Å²) in [6.45, 7) is 5.25. The van der Waals surface area contributed by atoms with Crippen molar-refractivity contribution in [3.8, 4) is 5.75 Å². The van der Waals surface area contributed by atoms with Gasteiger partial charge in [-0.2, -0.15) is 0 Å². The van der Waals surface area contributed by atoms with Gasteiger partial charge in [-0.3, -0.25) is 0 Å². The molecular formula is C12H16O3. The van der Waals surface area contributed by atoms with Crippen molar-refractivity contribution in [2.75, 3.05) is 13.2 Å². The second-order valence-corrected chi connectivity index (χ2v) is 3.93. The van der Waals surface area contributed by atoms with E-state index in [4.69, 9.17) is 9.47 Å². The van der Waals surface area contributed by atoms with Crippen LogP contribution in [0.25, 0.3) is 0 Å². The van der Waals surface area contributed by atoms with Crippen LogP contribution >= 0.6 is 0 Å². The maximum Gasteiger partial charge on any atom is 0.183 e. The second-order valence-electron chi connectivity index (χ2n) is 3.93. The van der Waals surface area contributed by atoms with Gasteiger partial charge in [0.2, 0.25) is 0 Å². The molecule has 1 aliphatic heterocycles. The molecule has 0 aromatic heterocycles. The molecule has 0 radical (unpaired) electrons. The number of benzene rings is 1. The number of aromatic hydroxyl groups is 1. The number of phenols is 1. The van der Waals surface area contributed by atoms with Crippen molar-refractivity contribution in [2.24, 2.45) is 0 Å². The Labute approximate surface area is 89.6 Å². The van der Waals surface area contributed by atoms with Gasteiger partial charge in [0.15, 0.2) is 6.29 Å². The van der Waals surface area contributed by atoms with E-state index in [1.807, 2.05) is 26.0 Å². The highest BCUT2D eigenvalue weighted by atomic mass is 16.7. The molecule has 1 fully saturated rings. The summed E-state index contributed by atoms with van der Waals surface area (Å²) in [5.74, 6) is 0.356. The predicted octanol–water partition coefficient (Wildman–Crippen LogP) is 2.44. The molecule has 1 saturated heterocycles. The Balaban J connectivity index is 2.27. The van der Waals surface area contributed by atoms with E-state index in [0.29, 0.717) is 5.75 Å². The standard InChI is InChI=1S/C12H16O3/c1-8-6-10(7-9(2)11(8)13)12-14-4-3-5-15-12/h6-7,12-13H,3-5H2,1-2H3. The zero-order valence-corrected chi connectivity index (χ0v) is 9.12. The van der Waals surface area contributed by atoms with E-state index in [-0.39, 0.29) is 6.29 Å². The average molecular weight is 208 g/mol. The topological polar surface area (TPSA) is 38.7 Å². The fraction of sp³-hybridized carbons (Fsp3) is 0.500. The number of ether oxygens (including phenoxy) is 2. The van der Waals surface area contributed by atoms with Crippen molar-refractivity contribution in [1.29, 1.82) is 0 Å². The highest BCUT2D eigenvalue weighted by molar-refractivity contribution is 5.42. The van der Waals surface area contributed by atoms with Crippen molar-refractivity contribution < 1.29 is 14.6 Å². The number of hydrogen-bond acceptors (Lipinski definition) is 3. The monoisotopic (exact) mass is 208 g/mol. The SMILES string of the molecule is Cc1cc(C2OCCCO2)cc(C)c1O. The predicted molar refractivity (Wildman–Crippen MR) is 56.8 cm³/mol. The summed E-state index contributed by atoms with van der Waals surface area (Å²) in [4.78, 5) is 0. The minimum atomic E-state index is -0.267. The highest BCUT2D eigenvalue weighted by Crippen LogP contribution is 2.29. The van der Waals surface area contributed by atoms with Crippen molar-refractivity contribution in [3.63, 3.8) is 0 Å². The molecule has 0 atom stereocenters. The first-order chi connectivity index (χ1) is 7.18. The average Bonchev–Trinajstić information content (AvgIpc) is 2.26. The fourth-order valence-corrected chi connectivity index (χ4v) is 1.81. The van der Waals surface area contributed by atoms with Gasteiger partial charge >= 0.3 is 0 Å². The van der Waals surface area contributed by atoms with Gasteiger partial charge < -0.3 is 14.6 Å². The lowest BCUT2D eigenvalue weighted by molar-refractivity contribution is -0.183. The summed E-state index contributed by atoms with van der Waals surface area (Å²) >= 11 is 0. The summed E-state index contributed by atoms with van der Waals surface area (Å²) in [5, 5.41) is 9.65. The summed E-state index contributed by atoms with van der Waals surface area (Å²) < 4.78 is 11.0. The Morgan fingerprint density at radius 3 is 2.20 bits per heavy atom. The first-order valence-corrected chi connectivity index (χ1v) is 5.22. The third kappa shape index (κ3) is 2.13. The van der Waals surface area contributed by atoms with E-state index in [1.165, 1.54) is 0 Å². The first kappa shape index (κ1) is 10.5. The molecule has 0 aliphatic carbocycles. The Bertz CT molecular complexity index is 331. The van der Waals surface area contributed by atoms with Crippen molar-refractivity contribution >= 4 is 0 Å². The zero-order valence-electron chi connectivity index (χ0n) is 9.12. The maximum absolute atomic E-state index is 9.65. The molecule has 0 amide bonds. The van der Waals surface area contributed by atoms with E-state index in [1.54, 1.807) is 0 Å². The van der Waals surface area contributed by atoms with Crippen LogP contribution in [0, 0.1) is 13.8 Å². The van der Waals surface area contributed by atoms with Gasteiger partial charge in [-0.15, -0.1) is 0 Å². The molecule has 1 aromatic carbocycles. The Hall–Kier alpha value is -1.06. The van der Waals surface area contributed by atoms with E-state index in [2.05, 4.69) is 0 Å². The van der Waals surface area contributed by atoms with Crippen LogP contribution in [-0.4, -0.2) is 18.3 Å². The van der Waals surface area contributed by atoms with Crippen LogP contribution in [0.3, 0.4) is 0 Å². The molecule has 1 heterocycles. The molecule has 0 bridgehead atoms. The van der Waals surface area contributed by atoms with Gasteiger partial charge in [-0.05, 0) is 43.5 Å². The molecule has 3 heteroatoms. The van der Waals surface area contributed by atoms with Crippen LogP contribution in [0.15, 0.2) is 12.1 Å². The van der Waals surface area contributed by atoms with Crippen LogP contribution in [0.1, 0.15) is 29.4 Å². The van der Waals surface area contributed by atoms with Gasteiger partial charge in [0.05, 0.1) is 13.2 Å². The molecule has 1 N–H and O–H groups in total. The Morgan fingerprint density at radius 1 is 1.13 bits per heavy atom. The molecule has 0 unspecified atom stereocenters. The second kappa shape index (κ2) is 4.21. The zero-order chi connectivity index (χ0) is 10.8. The van der Waals surface area contributed by atoms with E-state index in [0.717, 1.165) is 36.3 Å². The van der Waals surface area contributed by atoms with Crippen LogP contribution in [0.2, 0.25) is 0 Å². The van der Waals surface area contributed by atoms with Crippen molar-refractivity contribution in [2.45, 2.75) is 26.6 Å². The van der Waals surface area contributed by atoms with Gasteiger partial charge in [0, 0.05) is 5.56 Å². The molecule has 15 heavy (non-hydrogen) atoms.